The summed E-state index contributed by atoms with van der Waals surface area (Å²) in [5.74, 6) is 0. The Hall–Kier alpha value is -2.23. The molecule has 1 saturated heterocycles. The van der Waals surface area contributed by atoms with Gasteiger partial charge < -0.3 is 14.5 Å². The van der Waals surface area contributed by atoms with Crippen LogP contribution in [-0.2, 0) is 4.74 Å². The first-order valence-corrected chi connectivity index (χ1v) is 9.99. The van der Waals surface area contributed by atoms with Crippen LogP contribution in [0.15, 0.2) is 44.4 Å². The molecule has 0 radical (unpaired) electrons. The normalized spacial score (nSPS) is 17.3. The molecule has 0 amide bonds. The van der Waals surface area contributed by atoms with E-state index in [1.165, 1.54) is 23.1 Å². The number of furan rings is 1. The minimum atomic E-state index is 0.270. The van der Waals surface area contributed by atoms with Crippen LogP contribution in [0.4, 0.5) is 5.13 Å². The molecule has 0 bridgehead atoms. The summed E-state index contributed by atoms with van der Waals surface area (Å²) in [4.78, 5) is 8.75. The van der Waals surface area contributed by atoms with E-state index in [-0.39, 0.29) is 6.10 Å². The molecule has 7 nitrogen and oxygen atoms in total. The van der Waals surface area contributed by atoms with Crippen LogP contribution in [-0.4, -0.2) is 39.4 Å². The van der Waals surface area contributed by atoms with Crippen LogP contribution in [0.2, 0.25) is 0 Å². The van der Waals surface area contributed by atoms with Crippen LogP contribution in [0.3, 0.4) is 0 Å². The average Bonchev–Trinajstić information content (AvgIpc) is 3.40. The fraction of sp³-hybridized carbons (Fsp3) is 0.294. The van der Waals surface area contributed by atoms with E-state index in [0.717, 1.165) is 57.0 Å². The van der Waals surface area contributed by atoms with Crippen molar-refractivity contribution in [2.75, 3.05) is 18.5 Å². The highest BCUT2D eigenvalue weighted by Crippen LogP contribution is 2.37. The molecule has 132 valence electrons. The molecule has 0 spiro atoms. The fourth-order valence-corrected chi connectivity index (χ4v) is 4.69. The molecule has 5 rings (SSSR count). The van der Waals surface area contributed by atoms with E-state index < -0.39 is 0 Å². The van der Waals surface area contributed by atoms with Gasteiger partial charge in [0, 0.05) is 18.5 Å². The second-order valence-electron chi connectivity index (χ2n) is 5.95. The third-order valence-corrected chi connectivity index (χ3v) is 6.14. The van der Waals surface area contributed by atoms with Gasteiger partial charge in [-0.3, -0.25) is 0 Å². The molecule has 9 heteroatoms. The Morgan fingerprint density at radius 3 is 3.12 bits per heavy atom. The van der Waals surface area contributed by atoms with Crippen LogP contribution in [0.25, 0.3) is 22.1 Å². The molecule has 1 aliphatic heterocycles. The largest absolute Gasteiger partial charge is 0.451 e. The number of aromatic nitrogens is 4. The van der Waals surface area contributed by atoms with Crippen molar-refractivity contribution in [2.45, 2.75) is 28.3 Å². The van der Waals surface area contributed by atoms with Gasteiger partial charge in [0.1, 0.15) is 22.5 Å². The molecule has 3 aromatic heterocycles. The Kier molecular flexibility index (Phi) is 4.19. The number of fused-ring (bicyclic) bond motifs is 3. The zero-order valence-electron chi connectivity index (χ0n) is 13.7. The van der Waals surface area contributed by atoms with E-state index in [1.807, 2.05) is 24.3 Å². The SMILES string of the molecule is c1ccc2c(c1)oc1c(Sc3nnc(NCC4CCCO4)s3)ncnc12. The molecule has 1 fully saturated rings. The predicted molar refractivity (Wildman–Crippen MR) is 101 cm³/mol. The predicted octanol–water partition coefficient (Wildman–Crippen LogP) is 3.97. The molecule has 4 heterocycles. The highest BCUT2D eigenvalue weighted by molar-refractivity contribution is 8.01. The number of rotatable bonds is 5. The van der Waals surface area contributed by atoms with Crippen molar-refractivity contribution in [1.29, 1.82) is 0 Å². The van der Waals surface area contributed by atoms with Gasteiger partial charge in [-0.1, -0.05) is 23.5 Å². The van der Waals surface area contributed by atoms with E-state index in [2.05, 4.69) is 25.5 Å². The summed E-state index contributed by atoms with van der Waals surface area (Å²) in [5, 5.41) is 14.3. The lowest BCUT2D eigenvalue weighted by atomic mass is 10.2. The molecule has 4 aromatic rings. The second kappa shape index (κ2) is 6.82. The topological polar surface area (TPSA) is 86.0 Å². The first-order valence-electron chi connectivity index (χ1n) is 8.36. The van der Waals surface area contributed by atoms with Crippen LogP contribution >= 0.6 is 23.1 Å². The van der Waals surface area contributed by atoms with Crippen LogP contribution in [0.5, 0.6) is 0 Å². The highest BCUT2D eigenvalue weighted by atomic mass is 32.2. The highest BCUT2D eigenvalue weighted by Gasteiger charge is 2.18. The monoisotopic (exact) mass is 385 g/mol. The summed E-state index contributed by atoms with van der Waals surface area (Å²) in [5.41, 5.74) is 2.31. The minimum absolute atomic E-state index is 0.270. The van der Waals surface area contributed by atoms with Gasteiger partial charge in [-0.15, -0.1) is 10.2 Å². The van der Waals surface area contributed by atoms with Gasteiger partial charge >= 0.3 is 0 Å². The summed E-state index contributed by atoms with van der Waals surface area (Å²) >= 11 is 2.94. The molecule has 1 unspecified atom stereocenters. The van der Waals surface area contributed by atoms with Gasteiger partial charge in [-0.25, -0.2) is 9.97 Å². The Bertz CT molecular complexity index is 1060. The van der Waals surface area contributed by atoms with Crippen molar-refractivity contribution >= 4 is 50.3 Å². The molecule has 1 atom stereocenters. The maximum atomic E-state index is 5.96. The van der Waals surface area contributed by atoms with Crippen LogP contribution < -0.4 is 5.32 Å². The van der Waals surface area contributed by atoms with Crippen LogP contribution in [0, 0.1) is 0 Å². The quantitative estimate of drug-likeness (QED) is 0.517. The third-order valence-electron chi connectivity index (χ3n) is 4.22. The number of hydrogen-bond acceptors (Lipinski definition) is 9. The number of hydrogen-bond donors (Lipinski definition) is 1. The van der Waals surface area contributed by atoms with Crippen molar-refractivity contribution in [2.24, 2.45) is 0 Å². The van der Waals surface area contributed by atoms with Crippen molar-refractivity contribution in [3.8, 4) is 0 Å². The van der Waals surface area contributed by atoms with E-state index in [0.29, 0.717) is 5.58 Å². The van der Waals surface area contributed by atoms with Crippen molar-refractivity contribution in [1.82, 2.24) is 20.2 Å². The first kappa shape index (κ1) is 16.0. The van der Waals surface area contributed by atoms with Gasteiger partial charge in [-0.05, 0) is 36.7 Å². The van der Waals surface area contributed by atoms with Gasteiger partial charge in [0.2, 0.25) is 5.13 Å². The number of ether oxygens (including phenoxy) is 1. The van der Waals surface area contributed by atoms with Gasteiger partial charge in [0.25, 0.3) is 0 Å². The molecule has 1 aliphatic rings. The lowest BCUT2D eigenvalue weighted by Crippen LogP contribution is -2.18. The second-order valence-corrected chi connectivity index (χ2v) is 8.16. The summed E-state index contributed by atoms with van der Waals surface area (Å²) < 4.78 is 12.4. The number of nitrogens with zero attached hydrogens (tertiary/aromatic N) is 4. The van der Waals surface area contributed by atoms with Gasteiger partial charge in [-0.2, -0.15) is 0 Å². The maximum absolute atomic E-state index is 5.96. The number of nitrogens with one attached hydrogen (secondary N) is 1. The molecule has 26 heavy (non-hydrogen) atoms. The maximum Gasteiger partial charge on any atom is 0.206 e. The Morgan fingerprint density at radius 2 is 2.19 bits per heavy atom. The van der Waals surface area contributed by atoms with E-state index >= 15 is 0 Å². The Morgan fingerprint density at radius 1 is 1.23 bits per heavy atom. The molecular formula is C17H15N5O2S2. The van der Waals surface area contributed by atoms with Crippen LogP contribution in [0.1, 0.15) is 12.8 Å². The number of para-hydroxylation sites is 1. The molecule has 0 saturated carbocycles. The molecular weight excluding hydrogens is 370 g/mol. The summed E-state index contributed by atoms with van der Waals surface area (Å²) in [6.45, 7) is 1.62. The number of benzene rings is 1. The summed E-state index contributed by atoms with van der Waals surface area (Å²) in [7, 11) is 0. The zero-order chi connectivity index (χ0) is 17.3. The number of anilines is 1. The summed E-state index contributed by atoms with van der Waals surface area (Å²) in [6.07, 6.45) is 4.06. The summed E-state index contributed by atoms with van der Waals surface area (Å²) in [6, 6.07) is 7.86. The Labute approximate surface area is 157 Å². The molecule has 0 aliphatic carbocycles. The lowest BCUT2D eigenvalue weighted by molar-refractivity contribution is 0.120. The van der Waals surface area contributed by atoms with E-state index in [9.17, 15) is 0 Å². The Balaban J connectivity index is 1.37. The van der Waals surface area contributed by atoms with Crippen molar-refractivity contribution in [3.05, 3.63) is 30.6 Å². The molecule has 1 aromatic carbocycles. The standard InChI is InChI=1S/C17H15N5O2S2/c1-2-6-12-11(5-1)13-14(24-12)15(20-9-19-13)25-17-22-21-16(26-17)18-8-10-4-3-7-23-10/h1-2,5-6,9-10H,3-4,7-8H2,(H,18,21). The third kappa shape index (κ3) is 3.02. The first-order chi connectivity index (χ1) is 12.9. The lowest BCUT2D eigenvalue weighted by Gasteiger charge is -2.08. The minimum Gasteiger partial charge on any atom is -0.451 e. The molecule has 1 N–H and O–H groups in total. The van der Waals surface area contributed by atoms with Gasteiger partial charge in [0.15, 0.2) is 9.92 Å². The van der Waals surface area contributed by atoms with E-state index in [1.54, 1.807) is 6.33 Å². The van der Waals surface area contributed by atoms with E-state index in [4.69, 9.17) is 9.15 Å². The fourth-order valence-electron chi connectivity index (χ4n) is 2.99. The zero-order valence-corrected chi connectivity index (χ0v) is 15.3. The smallest absolute Gasteiger partial charge is 0.206 e. The van der Waals surface area contributed by atoms with Crippen molar-refractivity contribution < 1.29 is 9.15 Å². The van der Waals surface area contributed by atoms with Gasteiger partial charge in [0.05, 0.1) is 6.10 Å². The van der Waals surface area contributed by atoms with Crippen molar-refractivity contribution in [3.63, 3.8) is 0 Å². The average molecular weight is 385 g/mol.